The Kier molecular flexibility index (Phi) is 10.1. The number of amides is 4. The van der Waals surface area contributed by atoms with Crippen molar-refractivity contribution in [3.05, 3.63) is 132 Å². The molecule has 2 aliphatic heterocycles. The van der Waals surface area contributed by atoms with Gasteiger partial charge in [0.2, 0.25) is 0 Å². The van der Waals surface area contributed by atoms with Crippen LogP contribution in [0.2, 0.25) is 0 Å². The molecule has 0 saturated heterocycles. The minimum absolute atomic E-state index is 0.167. The summed E-state index contributed by atoms with van der Waals surface area (Å²) in [6.07, 6.45) is 4.79. The van der Waals surface area contributed by atoms with Crippen LogP contribution < -0.4 is 31.6 Å². The molecule has 4 amide bonds. The molecule has 0 fully saturated rings. The molecule has 4 aromatic rings. The number of carbonyl (C=O) groups excluding carboxylic acids is 4. The second-order valence-electron chi connectivity index (χ2n) is 10.4. The summed E-state index contributed by atoms with van der Waals surface area (Å²) in [4.78, 5) is 40.1. The van der Waals surface area contributed by atoms with Crippen LogP contribution >= 0.6 is 0 Å². The van der Waals surface area contributed by atoms with Gasteiger partial charge in [-0.15, -0.1) is 0 Å². The van der Waals surface area contributed by atoms with Crippen LogP contribution in [0.3, 0.4) is 0 Å². The molecule has 10 nitrogen and oxygen atoms in total. The van der Waals surface area contributed by atoms with Crippen LogP contribution in [0.4, 0.5) is 11.4 Å². The van der Waals surface area contributed by atoms with E-state index in [1.54, 1.807) is 0 Å². The lowest BCUT2D eigenvalue weighted by atomic mass is 9.78. The van der Waals surface area contributed by atoms with E-state index in [1.165, 1.54) is 35.4 Å². The first kappa shape index (κ1) is 31.8. The van der Waals surface area contributed by atoms with Gasteiger partial charge in [0, 0.05) is 41.1 Å². The van der Waals surface area contributed by atoms with Gasteiger partial charge in [-0.3, -0.25) is 29.8 Å². The van der Waals surface area contributed by atoms with Gasteiger partial charge in [-0.25, -0.2) is 0 Å². The van der Waals surface area contributed by atoms with Gasteiger partial charge in [-0.1, -0.05) is 38.1 Å². The Morgan fingerprint density at radius 1 is 0.444 bits per heavy atom. The highest BCUT2D eigenvalue weighted by molar-refractivity contribution is 6.13. The molecule has 0 radical (unpaired) electrons. The third-order valence-corrected chi connectivity index (χ3v) is 6.65. The molecule has 10 heteroatoms. The fraction of sp³-hybridized carbons (Fsp3) is 0.0857. The highest BCUT2D eigenvalue weighted by atomic mass is 16.5. The number of nitrogens with two attached hydrogens (primary N) is 2. The number of ether oxygens (including phenoxy) is 2. The first-order chi connectivity index (χ1) is 21.5. The van der Waals surface area contributed by atoms with Crippen molar-refractivity contribution in [1.29, 1.82) is 0 Å². The molecule has 0 bridgehead atoms. The number of imide groups is 2. The largest absolute Gasteiger partial charge is 0.457 e. The summed E-state index contributed by atoms with van der Waals surface area (Å²) in [7, 11) is 0. The monoisotopic (exact) mass is 604 g/mol. The molecule has 6 N–H and O–H groups in total. The zero-order valence-electron chi connectivity index (χ0n) is 24.7. The van der Waals surface area contributed by atoms with Gasteiger partial charge in [-0.2, -0.15) is 0 Å². The van der Waals surface area contributed by atoms with Crippen LogP contribution in [0, 0.1) is 0 Å². The molecule has 0 aromatic heterocycles. The predicted molar refractivity (Wildman–Crippen MR) is 171 cm³/mol. The minimum atomic E-state index is -0.329. The van der Waals surface area contributed by atoms with Crippen LogP contribution in [-0.4, -0.2) is 23.6 Å². The van der Waals surface area contributed by atoms with Gasteiger partial charge >= 0.3 is 0 Å². The van der Waals surface area contributed by atoms with E-state index in [-0.39, 0.29) is 29.0 Å². The topological polar surface area (TPSA) is 163 Å². The van der Waals surface area contributed by atoms with E-state index in [4.69, 9.17) is 20.9 Å². The van der Waals surface area contributed by atoms with E-state index in [0.717, 1.165) is 23.0 Å². The Morgan fingerprint density at radius 2 is 0.689 bits per heavy atom. The van der Waals surface area contributed by atoms with Crippen LogP contribution in [0.5, 0.6) is 23.0 Å². The van der Waals surface area contributed by atoms with Crippen molar-refractivity contribution in [2.75, 3.05) is 11.5 Å². The number of carbonyl (C=O) groups is 4. The summed E-state index contributed by atoms with van der Waals surface area (Å²) in [5.41, 5.74) is 15.1. The Morgan fingerprint density at radius 3 is 0.911 bits per heavy atom. The van der Waals surface area contributed by atoms with Crippen molar-refractivity contribution in [1.82, 2.24) is 10.6 Å². The highest BCUT2D eigenvalue weighted by Crippen LogP contribution is 2.34. The number of rotatable bonds is 6. The van der Waals surface area contributed by atoms with Crippen molar-refractivity contribution < 1.29 is 28.7 Å². The second kappa shape index (κ2) is 14.3. The number of anilines is 2. The first-order valence-corrected chi connectivity index (χ1v) is 13.8. The number of hydrogen-bond donors (Lipinski definition) is 4. The summed E-state index contributed by atoms with van der Waals surface area (Å²) in [6.45, 7) is 4.41. The lowest BCUT2D eigenvalue weighted by Gasteiger charge is -2.26. The summed E-state index contributed by atoms with van der Waals surface area (Å²) in [5.74, 6) is 1.79. The van der Waals surface area contributed by atoms with Crippen LogP contribution in [0.15, 0.2) is 121 Å². The lowest BCUT2D eigenvalue weighted by molar-refractivity contribution is -0.125. The van der Waals surface area contributed by atoms with Crippen LogP contribution in [-0.2, 0) is 24.6 Å². The SMILES string of the molecule is CC(C)(c1ccc(Oc2ccc(N)cc2)cc1)c1ccc(Oc2ccc(N)cc2)cc1.O=C1C=CC(=O)N1.O=C1C=CC(=O)N1. The van der Waals surface area contributed by atoms with E-state index >= 15 is 0 Å². The van der Waals surface area contributed by atoms with Gasteiger partial charge in [0.1, 0.15) is 23.0 Å². The molecule has 2 aliphatic rings. The normalized spacial score (nSPS) is 13.2. The van der Waals surface area contributed by atoms with E-state index in [2.05, 4.69) is 38.1 Å². The smallest absolute Gasteiger partial charge is 0.250 e. The molecule has 45 heavy (non-hydrogen) atoms. The zero-order chi connectivity index (χ0) is 32.4. The molecule has 0 saturated carbocycles. The number of nitrogen functional groups attached to an aromatic ring is 2. The highest BCUT2D eigenvalue weighted by Gasteiger charge is 2.23. The molecule has 2 heterocycles. The van der Waals surface area contributed by atoms with Gasteiger partial charge in [0.15, 0.2) is 0 Å². The standard InChI is InChI=1S/C27H26N2O2.2C4H3NO2/c1-27(2,19-3-11-23(12-4-19)30-25-15-7-21(28)8-16-25)20-5-13-24(14-6-20)31-26-17-9-22(29)10-18-26;2*6-3-1-2-4(7)5-3/h3-18H,28-29H2,1-2H3;2*1-2H,(H,5,6,7). The van der Waals surface area contributed by atoms with Crippen molar-refractivity contribution in [3.8, 4) is 23.0 Å². The molecule has 4 aromatic carbocycles. The average Bonchev–Trinajstić information content (AvgIpc) is 3.61. The average molecular weight is 605 g/mol. The van der Waals surface area contributed by atoms with Crippen LogP contribution in [0.1, 0.15) is 25.0 Å². The van der Waals surface area contributed by atoms with Crippen LogP contribution in [0.25, 0.3) is 0 Å². The molecule has 228 valence electrons. The predicted octanol–water partition coefficient (Wildman–Crippen LogP) is 5.16. The first-order valence-electron chi connectivity index (χ1n) is 13.8. The number of benzene rings is 4. The van der Waals surface area contributed by atoms with E-state index in [1.807, 2.05) is 83.4 Å². The van der Waals surface area contributed by atoms with Crippen molar-refractivity contribution in [3.63, 3.8) is 0 Å². The number of nitrogens with one attached hydrogen (secondary N) is 2. The zero-order valence-corrected chi connectivity index (χ0v) is 24.7. The van der Waals surface area contributed by atoms with E-state index in [0.29, 0.717) is 11.4 Å². The molecular formula is C35H32N4O6. The Bertz CT molecular complexity index is 1560. The van der Waals surface area contributed by atoms with E-state index < -0.39 is 0 Å². The lowest BCUT2D eigenvalue weighted by Crippen LogP contribution is -2.19. The maximum atomic E-state index is 10.0. The molecule has 0 atom stereocenters. The number of hydrogen-bond acceptors (Lipinski definition) is 8. The van der Waals surface area contributed by atoms with Crippen molar-refractivity contribution in [2.24, 2.45) is 0 Å². The fourth-order valence-electron chi connectivity index (χ4n) is 4.10. The molecule has 0 aliphatic carbocycles. The van der Waals surface area contributed by atoms with Gasteiger partial charge in [0.05, 0.1) is 0 Å². The Labute approximate surface area is 260 Å². The molecule has 6 rings (SSSR count). The fourth-order valence-corrected chi connectivity index (χ4v) is 4.10. The Balaban J connectivity index is 0.000000269. The Hall–Kier alpha value is -6.16. The molecular weight excluding hydrogens is 572 g/mol. The summed E-state index contributed by atoms with van der Waals surface area (Å²) < 4.78 is 11.8. The summed E-state index contributed by atoms with van der Waals surface area (Å²) in [5, 5.41) is 4.06. The minimum Gasteiger partial charge on any atom is -0.457 e. The third-order valence-electron chi connectivity index (χ3n) is 6.65. The quantitative estimate of drug-likeness (QED) is 0.173. The molecule has 0 unspecified atom stereocenters. The summed E-state index contributed by atoms with van der Waals surface area (Å²) >= 11 is 0. The van der Waals surface area contributed by atoms with Crippen molar-refractivity contribution in [2.45, 2.75) is 19.3 Å². The van der Waals surface area contributed by atoms with E-state index in [9.17, 15) is 19.2 Å². The van der Waals surface area contributed by atoms with Gasteiger partial charge in [-0.05, 0) is 83.9 Å². The molecule has 0 spiro atoms. The second-order valence-corrected chi connectivity index (χ2v) is 10.4. The summed E-state index contributed by atoms with van der Waals surface area (Å²) in [6, 6.07) is 31.1. The van der Waals surface area contributed by atoms with Crippen molar-refractivity contribution >= 4 is 35.0 Å². The maximum Gasteiger partial charge on any atom is 0.250 e. The van der Waals surface area contributed by atoms with Gasteiger partial charge in [0.25, 0.3) is 23.6 Å². The maximum absolute atomic E-state index is 10.0. The van der Waals surface area contributed by atoms with Gasteiger partial charge < -0.3 is 20.9 Å². The third kappa shape index (κ3) is 9.42.